The number of hydrogen-bond donors (Lipinski definition) is 2. The van der Waals surface area contributed by atoms with E-state index in [-0.39, 0.29) is 0 Å². The summed E-state index contributed by atoms with van der Waals surface area (Å²) in [6.45, 7) is 6.52. The van der Waals surface area contributed by atoms with E-state index in [4.69, 9.17) is 0 Å². The number of hydrogen-bond acceptors (Lipinski definition) is 6. The molecule has 0 spiro atoms. The van der Waals surface area contributed by atoms with Crippen LogP contribution in [-0.2, 0) is 0 Å². The first-order valence-electron chi connectivity index (χ1n) is 6.77. The van der Waals surface area contributed by atoms with Crippen molar-refractivity contribution in [2.24, 2.45) is 5.92 Å². The van der Waals surface area contributed by atoms with E-state index in [1.54, 1.807) is 30.3 Å². The fraction of sp³-hybridized carbons (Fsp3) is 0.538. The highest BCUT2D eigenvalue weighted by molar-refractivity contribution is 5.38. The summed E-state index contributed by atoms with van der Waals surface area (Å²) in [4.78, 5) is 17.1. The number of imidazole rings is 1. The topological polar surface area (TPSA) is 80.5 Å². The molecule has 0 amide bonds. The molecule has 0 aliphatic carbocycles. The van der Waals surface area contributed by atoms with Crippen LogP contribution in [0.1, 0.15) is 27.2 Å². The van der Waals surface area contributed by atoms with Crippen molar-refractivity contribution in [3.05, 3.63) is 18.7 Å². The molecule has 2 N–H and O–H groups in total. The van der Waals surface area contributed by atoms with Gasteiger partial charge in [-0.05, 0) is 19.3 Å². The molecule has 1 atom stereocenters. The standard InChI is InChI=1S/C13H21N7/c1-9(2)7-10(3)16-12-17-11(14-4)18-13(19-12)20-6-5-15-8-20/h5-6,8-10H,7H2,1-4H3,(H2,14,16,17,18,19). The third-order valence-electron chi connectivity index (χ3n) is 2.78. The van der Waals surface area contributed by atoms with Crippen molar-refractivity contribution >= 4 is 11.9 Å². The van der Waals surface area contributed by atoms with Crippen molar-refractivity contribution in [2.45, 2.75) is 33.2 Å². The highest BCUT2D eigenvalue weighted by Crippen LogP contribution is 2.12. The molecule has 7 heteroatoms. The molecule has 2 heterocycles. The molecule has 1 unspecified atom stereocenters. The van der Waals surface area contributed by atoms with Gasteiger partial charge in [0.05, 0.1) is 0 Å². The van der Waals surface area contributed by atoms with Crippen molar-refractivity contribution in [1.29, 1.82) is 0 Å². The molecule has 7 nitrogen and oxygen atoms in total. The normalized spacial score (nSPS) is 12.4. The maximum absolute atomic E-state index is 4.42. The fourth-order valence-corrected chi connectivity index (χ4v) is 2.02. The Labute approximate surface area is 118 Å². The van der Waals surface area contributed by atoms with Crippen LogP contribution < -0.4 is 10.6 Å². The van der Waals surface area contributed by atoms with E-state index in [1.807, 2.05) is 0 Å². The van der Waals surface area contributed by atoms with Crippen LogP contribution in [0.4, 0.5) is 11.9 Å². The third-order valence-corrected chi connectivity index (χ3v) is 2.78. The minimum Gasteiger partial charge on any atom is -0.357 e. The van der Waals surface area contributed by atoms with Gasteiger partial charge in [-0.1, -0.05) is 13.8 Å². The predicted octanol–water partition coefficient (Wildman–Crippen LogP) is 1.95. The van der Waals surface area contributed by atoms with Crippen molar-refractivity contribution in [2.75, 3.05) is 17.7 Å². The Balaban J connectivity index is 2.22. The molecular formula is C13H21N7. The van der Waals surface area contributed by atoms with Crippen molar-refractivity contribution in [3.8, 4) is 5.95 Å². The van der Waals surface area contributed by atoms with E-state index in [2.05, 4.69) is 51.3 Å². The van der Waals surface area contributed by atoms with Crippen LogP contribution in [0.2, 0.25) is 0 Å². The summed E-state index contributed by atoms with van der Waals surface area (Å²) in [6.07, 6.45) is 6.21. The summed E-state index contributed by atoms with van der Waals surface area (Å²) in [5, 5.41) is 6.26. The van der Waals surface area contributed by atoms with E-state index in [0.717, 1.165) is 6.42 Å². The molecule has 0 radical (unpaired) electrons. The van der Waals surface area contributed by atoms with Crippen LogP contribution in [0, 0.1) is 5.92 Å². The van der Waals surface area contributed by atoms with Gasteiger partial charge in [0.2, 0.25) is 17.8 Å². The molecule has 20 heavy (non-hydrogen) atoms. The molecule has 0 bridgehead atoms. The first kappa shape index (κ1) is 14.2. The van der Waals surface area contributed by atoms with Gasteiger partial charge in [-0.3, -0.25) is 4.57 Å². The number of nitrogens with zero attached hydrogens (tertiary/aromatic N) is 5. The van der Waals surface area contributed by atoms with Gasteiger partial charge in [0.1, 0.15) is 6.33 Å². The first-order valence-corrected chi connectivity index (χ1v) is 6.77. The molecule has 0 aromatic carbocycles. The van der Waals surface area contributed by atoms with Crippen molar-refractivity contribution in [3.63, 3.8) is 0 Å². The Morgan fingerprint density at radius 3 is 2.50 bits per heavy atom. The molecule has 0 aliphatic rings. The quantitative estimate of drug-likeness (QED) is 0.838. The summed E-state index contributed by atoms with van der Waals surface area (Å²) in [6, 6.07) is 0.303. The van der Waals surface area contributed by atoms with Gasteiger partial charge in [-0.2, -0.15) is 15.0 Å². The van der Waals surface area contributed by atoms with Gasteiger partial charge >= 0.3 is 0 Å². The van der Waals surface area contributed by atoms with Crippen LogP contribution in [0.3, 0.4) is 0 Å². The van der Waals surface area contributed by atoms with Crippen LogP contribution >= 0.6 is 0 Å². The maximum Gasteiger partial charge on any atom is 0.241 e. The Morgan fingerprint density at radius 2 is 1.90 bits per heavy atom. The number of anilines is 2. The molecule has 2 aromatic heterocycles. The first-order chi connectivity index (χ1) is 9.58. The van der Waals surface area contributed by atoms with E-state index in [0.29, 0.717) is 29.8 Å². The van der Waals surface area contributed by atoms with Gasteiger partial charge in [-0.25, -0.2) is 4.98 Å². The van der Waals surface area contributed by atoms with Crippen molar-refractivity contribution in [1.82, 2.24) is 24.5 Å². The molecule has 0 saturated carbocycles. The fourth-order valence-electron chi connectivity index (χ4n) is 2.02. The van der Waals surface area contributed by atoms with Crippen molar-refractivity contribution < 1.29 is 0 Å². The van der Waals surface area contributed by atoms with Gasteiger partial charge in [0, 0.05) is 25.5 Å². The lowest BCUT2D eigenvalue weighted by Crippen LogP contribution is -2.20. The highest BCUT2D eigenvalue weighted by atomic mass is 15.3. The summed E-state index contributed by atoms with van der Waals surface area (Å²) in [5.74, 6) is 2.27. The molecule has 0 fully saturated rings. The second-order valence-corrected chi connectivity index (χ2v) is 5.18. The molecule has 2 aromatic rings. The minimum absolute atomic E-state index is 0.303. The lowest BCUT2D eigenvalue weighted by atomic mass is 10.1. The summed E-state index contributed by atoms with van der Waals surface area (Å²) < 4.78 is 1.75. The molecular weight excluding hydrogens is 254 g/mol. The Morgan fingerprint density at radius 1 is 1.15 bits per heavy atom. The van der Waals surface area contributed by atoms with Gasteiger partial charge in [0.15, 0.2) is 0 Å². The molecule has 0 aliphatic heterocycles. The van der Waals surface area contributed by atoms with Crippen LogP contribution in [0.15, 0.2) is 18.7 Å². The maximum atomic E-state index is 4.42. The van der Waals surface area contributed by atoms with Crippen LogP contribution in [-0.4, -0.2) is 37.6 Å². The molecule has 108 valence electrons. The van der Waals surface area contributed by atoms with E-state index >= 15 is 0 Å². The SMILES string of the molecule is CNc1nc(NC(C)CC(C)C)nc(-n2ccnc2)n1. The minimum atomic E-state index is 0.303. The highest BCUT2D eigenvalue weighted by Gasteiger charge is 2.10. The zero-order valence-corrected chi connectivity index (χ0v) is 12.3. The lowest BCUT2D eigenvalue weighted by Gasteiger charge is -2.16. The Kier molecular flexibility index (Phi) is 4.49. The number of aromatic nitrogens is 5. The average molecular weight is 275 g/mol. The average Bonchev–Trinajstić information content (AvgIpc) is 2.91. The van der Waals surface area contributed by atoms with E-state index < -0.39 is 0 Å². The zero-order valence-electron chi connectivity index (χ0n) is 12.3. The monoisotopic (exact) mass is 275 g/mol. The van der Waals surface area contributed by atoms with Gasteiger partial charge in [0.25, 0.3) is 0 Å². The third kappa shape index (κ3) is 3.66. The summed E-state index contributed by atoms with van der Waals surface area (Å²) in [5.41, 5.74) is 0. The summed E-state index contributed by atoms with van der Waals surface area (Å²) in [7, 11) is 1.79. The Bertz CT molecular complexity index is 536. The van der Waals surface area contributed by atoms with Crippen LogP contribution in [0.25, 0.3) is 5.95 Å². The predicted molar refractivity (Wildman–Crippen MR) is 79.0 cm³/mol. The van der Waals surface area contributed by atoms with Gasteiger partial charge < -0.3 is 10.6 Å². The second-order valence-electron chi connectivity index (χ2n) is 5.18. The molecule has 2 rings (SSSR count). The molecule has 0 saturated heterocycles. The smallest absolute Gasteiger partial charge is 0.241 e. The van der Waals surface area contributed by atoms with E-state index in [9.17, 15) is 0 Å². The van der Waals surface area contributed by atoms with Gasteiger partial charge in [-0.15, -0.1) is 0 Å². The van der Waals surface area contributed by atoms with E-state index in [1.165, 1.54) is 0 Å². The number of rotatable bonds is 6. The lowest BCUT2D eigenvalue weighted by molar-refractivity contribution is 0.537. The summed E-state index contributed by atoms with van der Waals surface area (Å²) >= 11 is 0. The number of nitrogens with one attached hydrogen (secondary N) is 2. The largest absolute Gasteiger partial charge is 0.357 e. The zero-order chi connectivity index (χ0) is 14.5. The second kappa shape index (κ2) is 6.31. The Hall–Kier alpha value is -2.18. The van der Waals surface area contributed by atoms with Crippen LogP contribution in [0.5, 0.6) is 0 Å².